The molecule has 0 spiro atoms. The Balaban J connectivity index is 1.67. The van der Waals surface area contributed by atoms with Gasteiger partial charge in [-0.25, -0.2) is 0 Å². The number of aromatic nitrogens is 2. The predicted molar refractivity (Wildman–Crippen MR) is 62.8 cm³/mol. The summed E-state index contributed by atoms with van der Waals surface area (Å²) in [6.45, 7) is 2.25. The number of fused-ring (bicyclic) bond motifs is 1. The summed E-state index contributed by atoms with van der Waals surface area (Å²) in [5.74, 6) is 0.963. The number of rotatable bonds is 2. The summed E-state index contributed by atoms with van der Waals surface area (Å²) >= 11 is 0. The van der Waals surface area contributed by atoms with Crippen LogP contribution in [0.3, 0.4) is 0 Å². The van der Waals surface area contributed by atoms with Crippen molar-refractivity contribution in [3.8, 4) is 0 Å². The van der Waals surface area contributed by atoms with Crippen LogP contribution in [0.25, 0.3) is 0 Å². The van der Waals surface area contributed by atoms with Crippen LogP contribution < -0.4 is 0 Å². The zero-order valence-corrected chi connectivity index (χ0v) is 9.68. The smallest absolute Gasteiger partial charge is 0.0726 e. The van der Waals surface area contributed by atoms with Crippen molar-refractivity contribution in [1.82, 2.24) is 14.9 Å². The van der Waals surface area contributed by atoms with Crippen LogP contribution in [-0.2, 0) is 6.54 Å². The summed E-state index contributed by atoms with van der Waals surface area (Å²) in [5, 5.41) is 0. The van der Waals surface area contributed by atoms with Gasteiger partial charge >= 0.3 is 0 Å². The van der Waals surface area contributed by atoms with Crippen molar-refractivity contribution >= 4 is 0 Å². The highest BCUT2D eigenvalue weighted by Crippen LogP contribution is 2.36. The first-order chi connectivity index (χ1) is 7.93. The minimum atomic E-state index is 0.829. The van der Waals surface area contributed by atoms with Gasteiger partial charge in [-0.3, -0.25) is 14.9 Å². The molecule has 2 fully saturated rings. The maximum atomic E-state index is 4.38. The summed E-state index contributed by atoms with van der Waals surface area (Å²) in [6.07, 6.45) is 12.5. The molecule has 1 unspecified atom stereocenters. The second-order valence-electron chi connectivity index (χ2n) is 5.07. The molecule has 0 aromatic carbocycles. The molecule has 0 radical (unpaired) electrons. The van der Waals surface area contributed by atoms with E-state index < -0.39 is 0 Å². The summed E-state index contributed by atoms with van der Waals surface area (Å²) in [6, 6.07) is 0.829. The highest BCUT2D eigenvalue weighted by atomic mass is 15.2. The van der Waals surface area contributed by atoms with Crippen molar-refractivity contribution in [2.75, 3.05) is 6.54 Å². The first-order valence-corrected chi connectivity index (χ1v) is 6.42. The molecule has 3 rings (SSSR count). The van der Waals surface area contributed by atoms with Crippen LogP contribution in [0.4, 0.5) is 0 Å². The Labute approximate surface area is 96.9 Å². The van der Waals surface area contributed by atoms with E-state index in [1.807, 2.05) is 6.20 Å². The Bertz CT molecular complexity index is 338. The van der Waals surface area contributed by atoms with Crippen molar-refractivity contribution in [2.24, 2.45) is 5.92 Å². The lowest BCUT2D eigenvalue weighted by atomic mass is 9.85. The average molecular weight is 217 g/mol. The Hall–Kier alpha value is -0.960. The fourth-order valence-corrected chi connectivity index (χ4v) is 3.32. The minimum absolute atomic E-state index is 0.829. The zero-order chi connectivity index (χ0) is 10.8. The third-order valence-corrected chi connectivity index (χ3v) is 4.11. The number of likely N-dealkylation sites (tertiary alicyclic amines) is 1. The lowest BCUT2D eigenvalue weighted by Gasteiger charge is -2.31. The van der Waals surface area contributed by atoms with E-state index in [-0.39, 0.29) is 0 Å². The standard InChI is InChI=1S/C13H19N3/c1-2-4-13-11(3-1)5-8-16(13)10-12-9-14-6-7-15-12/h6-7,9,11,13H,1-5,8,10H2/t11?,13-/m1/s1. The van der Waals surface area contributed by atoms with Gasteiger partial charge in [0.15, 0.2) is 0 Å². The largest absolute Gasteiger partial charge is 0.294 e. The van der Waals surface area contributed by atoms with Crippen molar-refractivity contribution < 1.29 is 0 Å². The highest BCUT2D eigenvalue weighted by Gasteiger charge is 2.35. The molecule has 16 heavy (non-hydrogen) atoms. The van der Waals surface area contributed by atoms with Gasteiger partial charge in [0.2, 0.25) is 0 Å². The Kier molecular flexibility index (Phi) is 2.87. The first-order valence-electron chi connectivity index (χ1n) is 6.42. The van der Waals surface area contributed by atoms with Crippen LogP contribution in [0.15, 0.2) is 18.6 Å². The summed E-state index contributed by atoms with van der Waals surface area (Å²) in [7, 11) is 0. The molecular formula is C13H19N3. The van der Waals surface area contributed by atoms with Gasteiger partial charge in [0, 0.05) is 31.2 Å². The monoisotopic (exact) mass is 217 g/mol. The van der Waals surface area contributed by atoms with Crippen LogP contribution in [0.5, 0.6) is 0 Å². The van der Waals surface area contributed by atoms with Crippen molar-refractivity contribution in [1.29, 1.82) is 0 Å². The molecule has 1 aliphatic heterocycles. The van der Waals surface area contributed by atoms with Gasteiger partial charge < -0.3 is 0 Å². The second-order valence-corrected chi connectivity index (χ2v) is 5.07. The van der Waals surface area contributed by atoms with Crippen molar-refractivity contribution in [3.63, 3.8) is 0 Å². The predicted octanol–water partition coefficient (Wildman–Crippen LogP) is 2.24. The molecule has 1 aromatic rings. The molecule has 1 saturated carbocycles. The summed E-state index contributed by atoms with van der Waals surface area (Å²) in [4.78, 5) is 11.1. The molecule has 2 atom stereocenters. The average Bonchev–Trinajstić information content (AvgIpc) is 2.74. The van der Waals surface area contributed by atoms with Crippen LogP contribution in [0, 0.1) is 5.92 Å². The first kappa shape index (κ1) is 10.2. The Morgan fingerprint density at radius 1 is 1.19 bits per heavy atom. The Morgan fingerprint density at radius 2 is 2.12 bits per heavy atom. The van der Waals surface area contributed by atoms with Gasteiger partial charge in [0.05, 0.1) is 5.69 Å². The lowest BCUT2D eigenvalue weighted by Crippen LogP contribution is -2.34. The van der Waals surface area contributed by atoms with E-state index in [2.05, 4.69) is 14.9 Å². The van der Waals surface area contributed by atoms with Crippen LogP contribution in [-0.4, -0.2) is 27.5 Å². The topological polar surface area (TPSA) is 29.0 Å². The molecule has 0 N–H and O–H groups in total. The fourth-order valence-electron chi connectivity index (χ4n) is 3.32. The molecular weight excluding hydrogens is 198 g/mol. The van der Waals surface area contributed by atoms with E-state index in [0.29, 0.717) is 0 Å². The maximum Gasteiger partial charge on any atom is 0.0726 e. The minimum Gasteiger partial charge on any atom is -0.294 e. The zero-order valence-electron chi connectivity index (χ0n) is 9.68. The fraction of sp³-hybridized carbons (Fsp3) is 0.692. The van der Waals surface area contributed by atoms with Gasteiger partial charge in [0.1, 0.15) is 0 Å². The molecule has 1 saturated heterocycles. The molecule has 1 aromatic heterocycles. The van der Waals surface area contributed by atoms with E-state index in [9.17, 15) is 0 Å². The van der Waals surface area contributed by atoms with E-state index in [1.54, 1.807) is 12.4 Å². The quantitative estimate of drug-likeness (QED) is 0.760. The highest BCUT2D eigenvalue weighted by molar-refractivity contribution is 4.98. The third-order valence-electron chi connectivity index (χ3n) is 4.11. The molecule has 0 bridgehead atoms. The lowest BCUT2D eigenvalue weighted by molar-refractivity contribution is 0.174. The van der Waals surface area contributed by atoms with Crippen LogP contribution >= 0.6 is 0 Å². The van der Waals surface area contributed by atoms with Gasteiger partial charge in [-0.2, -0.15) is 0 Å². The SMILES string of the molecule is c1cnc(CN2CCC3CCCC[C@H]32)cn1. The molecule has 2 aliphatic rings. The normalized spacial score (nSPS) is 30.2. The number of nitrogens with zero attached hydrogens (tertiary/aromatic N) is 3. The van der Waals surface area contributed by atoms with E-state index in [0.717, 1.165) is 24.2 Å². The number of hydrogen-bond donors (Lipinski definition) is 0. The van der Waals surface area contributed by atoms with Crippen molar-refractivity contribution in [2.45, 2.75) is 44.7 Å². The molecule has 3 nitrogen and oxygen atoms in total. The summed E-state index contributed by atoms with van der Waals surface area (Å²) in [5.41, 5.74) is 1.12. The van der Waals surface area contributed by atoms with E-state index in [1.165, 1.54) is 38.6 Å². The van der Waals surface area contributed by atoms with Crippen LogP contribution in [0.1, 0.15) is 37.8 Å². The van der Waals surface area contributed by atoms with Gasteiger partial charge in [0.25, 0.3) is 0 Å². The Morgan fingerprint density at radius 3 is 3.00 bits per heavy atom. The summed E-state index contributed by atoms with van der Waals surface area (Å²) < 4.78 is 0. The van der Waals surface area contributed by atoms with Gasteiger partial charge in [-0.15, -0.1) is 0 Å². The third kappa shape index (κ3) is 1.96. The maximum absolute atomic E-state index is 4.38. The molecule has 86 valence electrons. The van der Waals surface area contributed by atoms with E-state index >= 15 is 0 Å². The second kappa shape index (κ2) is 4.50. The van der Waals surface area contributed by atoms with Crippen LogP contribution in [0.2, 0.25) is 0 Å². The van der Waals surface area contributed by atoms with Crippen molar-refractivity contribution in [3.05, 3.63) is 24.3 Å². The van der Waals surface area contributed by atoms with Gasteiger partial charge in [-0.05, 0) is 31.7 Å². The van der Waals surface area contributed by atoms with Gasteiger partial charge in [-0.1, -0.05) is 12.8 Å². The molecule has 0 amide bonds. The van der Waals surface area contributed by atoms with E-state index in [4.69, 9.17) is 0 Å². The molecule has 3 heteroatoms. The molecule has 2 heterocycles. The number of hydrogen-bond acceptors (Lipinski definition) is 3. The molecule has 1 aliphatic carbocycles.